The Morgan fingerprint density at radius 2 is 1.77 bits per heavy atom. The Kier molecular flexibility index (Phi) is 4.89. The molecule has 1 aromatic carbocycles. The van der Waals surface area contributed by atoms with Gasteiger partial charge in [0.25, 0.3) is 0 Å². The molecule has 1 fully saturated rings. The van der Waals surface area contributed by atoms with E-state index >= 15 is 0 Å². The summed E-state index contributed by atoms with van der Waals surface area (Å²) in [5.41, 5.74) is -0.181. The van der Waals surface area contributed by atoms with Gasteiger partial charge in [-0.15, -0.1) is 0 Å². The van der Waals surface area contributed by atoms with Gasteiger partial charge in [0.15, 0.2) is 0 Å². The lowest BCUT2D eigenvalue weighted by Crippen LogP contribution is -2.44. The molecule has 0 bridgehead atoms. The van der Waals surface area contributed by atoms with Crippen LogP contribution in [-0.2, 0) is 15.0 Å². The number of hydrogen-bond acceptors (Lipinski definition) is 2. The predicted octanol–water partition coefficient (Wildman–Crippen LogP) is 3.12. The number of benzene rings is 1. The predicted molar refractivity (Wildman–Crippen MR) is 85.6 cm³/mol. The van der Waals surface area contributed by atoms with Gasteiger partial charge in [-0.2, -0.15) is 0 Å². The molecule has 0 radical (unpaired) electrons. The molecule has 1 aliphatic rings. The van der Waals surface area contributed by atoms with Gasteiger partial charge in [-0.05, 0) is 38.7 Å². The fourth-order valence-corrected chi connectivity index (χ4v) is 3.15. The van der Waals surface area contributed by atoms with Crippen LogP contribution < -0.4 is 5.32 Å². The Labute approximate surface area is 131 Å². The standard InChI is InChI=1S/C18H25NO3/c1-17(2,16(21)22)12-13-19-15(20)18(10-6-7-11-18)14-8-4-3-5-9-14/h3-5,8-9H,6-7,10-13H2,1-2H3,(H,19,20)(H,21,22). The fraction of sp³-hybridized carbons (Fsp3) is 0.556. The van der Waals surface area contributed by atoms with E-state index in [-0.39, 0.29) is 5.91 Å². The second-order valence-corrected chi connectivity index (χ2v) is 6.85. The summed E-state index contributed by atoms with van der Waals surface area (Å²) in [5.74, 6) is -0.794. The van der Waals surface area contributed by atoms with E-state index in [2.05, 4.69) is 5.32 Å². The van der Waals surface area contributed by atoms with Gasteiger partial charge in [-0.3, -0.25) is 9.59 Å². The van der Waals surface area contributed by atoms with Crippen molar-refractivity contribution in [3.05, 3.63) is 35.9 Å². The van der Waals surface area contributed by atoms with Crippen LogP contribution >= 0.6 is 0 Å². The van der Waals surface area contributed by atoms with Crippen LogP contribution in [0.4, 0.5) is 0 Å². The maximum atomic E-state index is 12.8. The number of rotatable bonds is 6. The molecule has 4 nitrogen and oxygen atoms in total. The Hall–Kier alpha value is -1.84. The summed E-state index contributed by atoms with van der Waals surface area (Å²) < 4.78 is 0. The molecule has 4 heteroatoms. The molecule has 0 aromatic heterocycles. The number of nitrogens with one attached hydrogen (secondary N) is 1. The molecule has 0 heterocycles. The zero-order valence-electron chi connectivity index (χ0n) is 13.4. The van der Waals surface area contributed by atoms with E-state index in [1.54, 1.807) is 13.8 Å². The lowest BCUT2D eigenvalue weighted by molar-refractivity contribution is -0.147. The minimum Gasteiger partial charge on any atom is -0.481 e. The number of carbonyl (C=O) groups excluding carboxylic acids is 1. The van der Waals surface area contributed by atoms with Crippen molar-refractivity contribution in [2.45, 2.75) is 51.4 Å². The molecule has 0 saturated heterocycles. The van der Waals surface area contributed by atoms with Gasteiger partial charge in [-0.25, -0.2) is 0 Å². The van der Waals surface area contributed by atoms with Crippen molar-refractivity contribution in [2.75, 3.05) is 6.54 Å². The molecule has 0 unspecified atom stereocenters. The highest BCUT2D eigenvalue weighted by Gasteiger charge is 2.42. The number of carbonyl (C=O) groups is 2. The average molecular weight is 303 g/mol. The zero-order valence-corrected chi connectivity index (χ0v) is 13.4. The van der Waals surface area contributed by atoms with Crippen LogP contribution in [0.25, 0.3) is 0 Å². The Balaban J connectivity index is 2.04. The largest absolute Gasteiger partial charge is 0.481 e. The molecule has 2 N–H and O–H groups in total. The van der Waals surface area contributed by atoms with Crippen molar-refractivity contribution in [3.8, 4) is 0 Å². The van der Waals surface area contributed by atoms with Crippen LogP contribution in [-0.4, -0.2) is 23.5 Å². The van der Waals surface area contributed by atoms with E-state index in [1.807, 2.05) is 30.3 Å². The van der Waals surface area contributed by atoms with Crippen LogP contribution in [0.1, 0.15) is 51.5 Å². The Morgan fingerprint density at radius 3 is 2.32 bits per heavy atom. The summed E-state index contributed by atoms with van der Waals surface area (Å²) in [6, 6.07) is 9.93. The maximum absolute atomic E-state index is 12.8. The second kappa shape index (κ2) is 6.51. The van der Waals surface area contributed by atoms with Crippen LogP contribution in [0.15, 0.2) is 30.3 Å². The molecule has 0 spiro atoms. The summed E-state index contributed by atoms with van der Waals surface area (Å²) >= 11 is 0. The molecule has 2 rings (SSSR count). The zero-order chi connectivity index (χ0) is 16.2. The van der Waals surface area contributed by atoms with Crippen molar-refractivity contribution >= 4 is 11.9 Å². The van der Waals surface area contributed by atoms with Gasteiger partial charge >= 0.3 is 5.97 Å². The van der Waals surface area contributed by atoms with Crippen molar-refractivity contribution < 1.29 is 14.7 Å². The van der Waals surface area contributed by atoms with E-state index in [0.29, 0.717) is 13.0 Å². The minimum absolute atomic E-state index is 0.0392. The molecule has 1 aromatic rings. The highest BCUT2D eigenvalue weighted by Crippen LogP contribution is 2.41. The number of carboxylic acids is 1. The molecule has 1 aliphatic carbocycles. The Bertz CT molecular complexity index is 531. The molecular weight excluding hydrogens is 278 g/mol. The van der Waals surface area contributed by atoms with E-state index < -0.39 is 16.8 Å². The smallest absolute Gasteiger partial charge is 0.309 e. The van der Waals surface area contributed by atoms with Crippen LogP contribution in [0.2, 0.25) is 0 Å². The first-order chi connectivity index (χ1) is 10.4. The van der Waals surface area contributed by atoms with Crippen LogP contribution in [0, 0.1) is 5.41 Å². The highest BCUT2D eigenvalue weighted by molar-refractivity contribution is 5.88. The third-order valence-electron chi connectivity index (χ3n) is 4.83. The highest BCUT2D eigenvalue weighted by atomic mass is 16.4. The van der Waals surface area contributed by atoms with E-state index in [9.17, 15) is 9.59 Å². The van der Waals surface area contributed by atoms with E-state index in [4.69, 9.17) is 5.11 Å². The van der Waals surface area contributed by atoms with Gasteiger partial charge < -0.3 is 10.4 Å². The third-order valence-corrected chi connectivity index (χ3v) is 4.83. The first-order valence-electron chi connectivity index (χ1n) is 7.96. The summed E-state index contributed by atoms with van der Waals surface area (Å²) in [4.78, 5) is 23.9. The van der Waals surface area contributed by atoms with Gasteiger partial charge in [-0.1, -0.05) is 43.2 Å². The summed E-state index contributed by atoms with van der Waals surface area (Å²) in [6.07, 6.45) is 4.28. The normalized spacial score (nSPS) is 17.2. The molecular formula is C18H25NO3. The SMILES string of the molecule is CC(C)(CCNC(=O)C1(c2ccccc2)CCCC1)C(=O)O. The molecule has 22 heavy (non-hydrogen) atoms. The van der Waals surface area contributed by atoms with Crippen LogP contribution in [0.3, 0.4) is 0 Å². The fourth-order valence-electron chi connectivity index (χ4n) is 3.15. The van der Waals surface area contributed by atoms with Gasteiger partial charge in [0.2, 0.25) is 5.91 Å². The van der Waals surface area contributed by atoms with Crippen molar-refractivity contribution in [1.82, 2.24) is 5.32 Å². The second-order valence-electron chi connectivity index (χ2n) is 6.85. The quantitative estimate of drug-likeness (QED) is 0.848. The molecule has 120 valence electrons. The molecule has 0 aliphatic heterocycles. The minimum atomic E-state index is -0.833. The molecule has 0 atom stereocenters. The first kappa shape index (κ1) is 16.5. The molecule has 1 amide bonds. The number of aliphatic carboxylic acids is 1. The van der Waals surface area contributed by atoms with E-state index in [1.165, 1.54) is 0 Å². The average Bonchev–Trinajstić information content (AvgIpc) is 2.98. The van der Waals surface area contributed by atoms with E-state index in [0.717, 1.165) is 31.2 Å². The Morgan fingerprint density at radius 1 is 1.18 bits per heavy atom. The number of hydrogen-bond donors (Lipinski definition) is 2. The monoisotopic (exact) mass is 303 g/mol. The van der Waals surface area contributed by atoms with Crippen LogP contribution in [0.5, 0.6) is 0 Å². The number of carboxylic acid groups (broad SMARTS) is 1. The summed E-state index contributed by atoms with van der Waals surface area (Å²) in [6.45, 7) is 3.76. The van der Waals surface area contributed by atoms with Gasteiger partial charge in [0, 0.05) is 6.54 Å². The van der Waals surface area contributed by atoms with Crippen molar-refractivity contribution in [3.63, 3.8) is 0 Å². The lowest BCUT2D eigenvalue weighted by Gasteiger charge is -2.29. The third kappa shape index (κ3) is 3.32. The molecule has 1 saturated carbocycles. The topological polar surface area (TPSA) is 66.4 Å². The van der Waals surface area contributed by atoms with Gasteiger partial charge in [0.05, 0.1) is 10.8 Å². The lowest BCUT2D eigenvalue weighted by atomic mass is 9.78. The van der Waals surface area contributed by atoms with Crippen molar-refractivity contribution in [1.29, 1.82) is 0 Å². The van der Waals surface area contributed by atoms with Gasteiger partial charge in [0.1, 0.15) is 0 Å². The summed E-state index contributed by atoms with van der Waals surface area (Å²) in [5, 5.41) is 12.1. The first-order valence-corrected chi connectivity index (χ1v) is 7.96. The summed E-state index contributed by atoms with van der Waals surface area (Å²) in [7, 11) is 0. The maximum Gasteiger partial charge on any atom is 0.309 e. The van der Waals surface area contributed by atoms with Crippen molar-refractivity contribution in [2.24, 2.45) is 5.41 Å². The number of amides is 1.